The summed E-state index contributed by atoms with van der Waals surface area (Å²) in [6.07, 6.45) is 0. The number of benzene rings is 1. The quantitative estimate of drug-likeness (QED) is 0.681. The Labute approximate surface area is 128 Å². The molecule has 0 saturated heterocycles. The largest absolute Gasteiger partial charge is 0.316 e. The maximum atomic E-state index is 12.0. The third kappa shape index (κ3) is 7.04. The Bertz CT molecular complexity index is 496. The van der Waals surface area contributed by atoms with Crippen molar-refractivity contribution >= 4 is 10.0 Å². The second-order valence-electron chi connectivity index (χ2n) is 5.03. The maximum Gasteiger partial charge on any atom is 0.215 e. The van der Waals surface area contributed by atoms with Crippen LogP contribution in [0.4, 0.5) is 0 Å². The molecule has 1 aromatic carbocycles. The van der Waals surface area contributed by atoms with E-state index < -0.39 is 10.0 Å². The lowest BCUT2D eigenvalue weighted by atomic mass is 10.1. The fourth-order valence-corrected chi connectivity index (χ4v) is 3.26. The molecule has 0 aromatic heterocycles. The third-order valence-electron chi connectivity index (χ3n) is 3.40. The molecule has 1 rings (SSSR count). The van der Waals surface area contributed by atoms with Crippen molar-refractivity contribution in [3.63, 3.8) is 0 Å². The van der Waals surface area contributed by atoms with E-state index in [9.17, 15) is 8.42 Å². The van der Waals surface area contributed by atoms with Gasteiger partial charge in [-0.3, -0.25) is 0 Å². The van der Waals surface area contributed by atoms with Gasteiger partial charge in [-0.05, 0) is 31.3 Å². The second-order valence-corrected chi connectivity index (χ2v) is 6.83. The van der Waals surface area contributed by atoms with Crippen molar-refractivity contribution in [2.75, 3.05) is 33.2 Å². The van der Waals surface area contributed by atoms with E-state index in [2.05, 4.69) is 28.8 Å². The van der Waals surface area contributed by atoms with Gasteiger partial charge in [0.05, 0.1) is 5.75 Å². The minimum atomic E-state index is -3.26. The first-order valence-electron chi connectivity index (χ1n) is 7.42. The van der Waals surface area contributed by atoms with Gasteiger partial charge in [-0.25, -0.2) is 13.1 Å². The monoisotopic (exact) mass is 313 g/mol. The highest BCUT2D eigenvalue weighted by Gasteiger charge is 2.11. The van der Waals surface area contributed by atoms with Crippen molar-refractivity contribution in [3.8, 4) is 0 Å². The van der Waals surface area contributed by atoms with Crippen LogP contribution in [0.3, 0.4) is 0 Å². The first-order valence-corrected chi connectivity index (χ1v) is 9.08. The summed E-state index contributed by atoms with van der Waals surface area (Å²) >= 11 is 0. The summed E-state index contributed by atoms with van der Waals surface area (Å²) in [5.41, 5.74) is 1.96. The standard InChI is InChI=1S/C15H27N3O2S/c1-4-18(5-2)11-10-17-21(19,20)13-15-8-6-14(7-9-15)12-16-3/h6-9,16-17H,4-5,10-13H2,1-3H3. The summed E-state index contributed by atoms with van der Waals surface area (Å²) in [5.74, 6) is 0.0328. The predicted octanol–water partition coefficient (Wildman–Crippen LogP) is 1.17. The van der Waals surface area contributed by atoms with E-state index in [0.717, 1.165) is 37.3 Å². The molecule has 0 spiro atoms. The van der Waals surface area contributed by atoms with E-state index in [4.69, 9.17) is 0 Å². The van der Waals surface area contributed by atoms with Crippen LogP contribution in [0.5, 0.6) is 0 Å². The van der Waals surface area contributed by atoms with Crippen LogP contribution < -0.4 is 10.0 Å². The van der Waals surface area contributed by atoms with Gasteiger partial charge in [-0.1, -0.05) is 38.1 Å². The van der Waals surface area contributed by atoms with E-state index in [1.165, 1.54) is 0 Å². The van der Waals surface area contributed by atoms with Crippen LogP contribution >= 0.6 is 0 Å². The summed E-state index contributed by atoms with van der Waals surface area (Å²) in [6.45, 7) is 8.01. The Morgan fingerprint density at radius 2 is 1.62 bits per heavy atom. The lowest BCUT2D eigenvalue weighted by Crippen LogP contribution is -2.35. The maximum absolute atomic E-state index is 12.0. The van der Waals surface area contributed by atoms with Crippen LogP contribution in [0, 0.1) is 0 Å². The highest BCUT2D eigenvalue weighted by Crippen LogP contribution is 2.07. The SMILES string of the molecule is CCN(CC)CCNS(=O)(=O)Cc1ccc(CNC)cc1. The molecule has 0 aliphatic carbocycles. The molecule has 0 saturated carbocycles. The molecule has 6 heteroatoms. The van der Waals surface area contributed by atoms with Crippen molar-refractivity contribution in [2.45, 2.75) is 26.1 Å². The van der Waals surface area contributed by atoms with Gasteiger partial charge >= 0.3 is 0 Å². The highest BCUT2D eigenvalue weighted by molar-refractivity contribution is 7.88. The van der Waals surface area contributed by atoms with Gasteiger partial charge in [0.1, 0.15) is 0 Å². The second kappa shape index (κ2) is 9.15. The average molecular weight is 313 g/mol. The van der Waals surface area contributed by atoms with Gasteiger partial charge < -0.3 is 10.2 Å². The molecule has 1 aromatic rings. The number of likely N-dealkylation sites (N-methyl/N-ethyl adjacent to an activating group) is 1. The van der Waals surface area contributed by atoms with Gasteiger partial charge in [0.15, 0.2) is 0 Å². The molecule has 0 aliphatic rings. The normalized spacial score (nSPS) is 12.0. The van der Waals surface area contributed by atoms with Crippen molar-refractivity contribution < 1.29 is 8.42 Å². The molecule has 21 heavy (non-hydrogen) atoms. The van der Waals surface area contributed by atoms with Gasteiger partial charge in [0.25, 0.3) is 0 Å². The zero-order valence-electron chi connectivity index (χ0n) is 13.2. The Balaban J connectivity index is 2.48. The van der Waals surface area contributed by atoms with Gasteiger partial charge in [0, 0.05) is 19.6 Å². The van der Waals surface area contributed by atoms with Gasteiger partial charge in [-0.15, -0.1) is 0 Å². The van der Waals surface area contributed by atoms with E-state index in [0.29, 0.717) is 6.54 Å². The first kappa shape index (κ1) is 18.1. The molecule has 2 N–H and O–H groups in total. The van der Waals surface area contributed by atoms with Gasteiger partial charge in [-0.2, -0.15) is 0 Å². The number of nitrogens with zero attached hydrogens (tertiary/aromatic N) is 1. The molecule has 5 nitrogen and oxygen atoms in total. The molecule has 120 valence electrons. The molecule has 0 bridgehead atoms. The molecule has 0 amide bonds. The van der Waals surface area contributed by atoms with Crippen LogP contribution in [-0.4, -0.2) is 46.5 Å². The Morgan fingerprint density at radius 3 is 2.14 bits per heavy atom. The lowest BCUT2D eigenvalue weighted by molar-refractivity contribution is 0.309. The van der Waals surface area contributed by atoms with Crippen molar-refractivity contribution in [1.29, 1.82) is 0 Å². The number of hydrogen-bond acceptors (Lipinski definition) is 4. The van der Waals surface area contributed by atoms with E-state index in [1.807, 2.05) is 31.3 Å². The lowest BCUT2D eigenvalue weighted by Gasteiger charge is -2.18. The zero-order valence-corrected chi connectivity index (χ0v) is 14.0. The molecule has 0 heterocycles. The molecule has 0 fully saturated rings. The van der Waals surface area contributed by atoms with E-state index >= 15 is 0 Å². The summed E-state index contributed by atoms with van der Waals surface area (Å²) in [4.78, 5) is 2.19. The Morgan fingerprint density at radius 1 is 1.05 bits per heavy atom. The summed E-state index contributed by atoms with van der Waals surface area (Å²) < 4.78 is 26.7. The van der Waals surface area contributed by atoms with Crippen LogP contribution in [0.25, 0.3) is 0 Å². The number of rotatable bonds is 10. The predicted molar refractivity (Wildman–Crippen MR) is 87.6 cm³/mol. The first-order chi connectivity index (χ1) is 10.0. The summed E-state index contributed by atoms with van der Waals surface area (Å²) in [7, 11) is -1.38. The number of nitrogens with one attached hydrogen (secondary N) is 2. The molecule has 0 radical (unpaired) electrons. The minimum absolute atomic E-state index is 0.0328. The molecule has 0 unspecified atom stereocenters. The van der Waals surface area contributed by atoms with E-state index in [1.54, 1.807) is 0 Å². The average Bonchev–Trinajstić information content (AvgIpc) is 2.46. The smallest absolute Gasteiger partial charge is 0.215 e. The molecule has 0 atom stereocenters. The van der Waals surface area contributed by atoms with Crippen LogP contribution in [0.15, 0.2) is 24.3 Å². The van der Waals surface area contributed by atoms with Crippen molar-refractivity contribution in [1.82, 2.24) is 14.9 Å². The summed E-state index contributed by atoms with van der Waals surface area (Å²) in [6, 6.07) is 7.65. The Hall–Kier alpha value is -0.950. The molecule has 0 aliphatic heterocycles. The Kier molecular flexibility index (Phi) is 7.88. The zero-order chi connectivity index (χ0) is 15.7. The number of hydrogen-bond donors (Lipinski definition) is 2. The topological polar surface area (TPSA) is 61.4 Å². The van der Waals surface area contributed by atoms with Crippen LogP contribution in [0.2, 0.25) is 0 Å². The number of sulfonamides is 1. The highest BCUT2D eigenvalue weighted by atomic mass is 32.2. The summed E-state index contributed by atoms with van der Waals surface area (Å²) in [5, 5.41) is 3.07. The van der Waals surface area contributed by atoms with Crippen LogP contribution in [0.1, 0.15) is 25.0 Å². The fraction of sp³-hybridized carbons (Fsp3) is 0.600. The van der Waals surface area contributed by atoms with Crippen molar-refractivity contribution in [2.24, 2.45) is 0 Å². The van der Waals surface area contributed by atoms with Crippen molar-refractivity contribution in [3.05, 3.63) is 35.4 Å². The molecular weight excluding hydrogens is 286 g/mol. The van der Waals surface area contributed by atoms with Crippen LogP contribution in [-0.2, 0) is 22.3 Å². The van der Waals surface area contributed by atoms with Gasteiger partial charge in [0.2, 0.25) is 10.0 Å². The third-order valence-corrected chi connectivity index (χ3v) is 4.76. The minimum Gasteiger partial charge on any atom is -0.316 e. The fourth-order valence-electron chi connectivity index (χ4n) is 2.13. The van der Waals surface area contributed by atoms with E-state index in [-0.39, 0.29) is 5.75 Å². The molecular formula is C15H27N3O2S.